The lowest BCUT2D eigenvalue weighted by atomic mass is 10.0. The molecule has 0 spiro atoms. The smallest absolute Gasteiger partial charge is 0.241 e. The molecule has 0 fully saturated rings. The van der Waals surface area contributed by atoms with Crippen molar-refractivity contribution in [3.63, 3.8) is 0 Å². The van der Waals surface area contributed by atoms with Gasteiger partial charge in [0.2, 0.25) is 16.0 Å². The number of halogens is 1. The van der Waals surface area contributed by atoms with E-state index in [1.807, 2.05) is 0 Å². The van der Waals surface area contributed by atoms with Crippen molar-refractivity contribution in [1.82, 2.24) is 14.7 Å². The summed E-state index contributed by atoms with van der Waals surface area (Å²) in [5, 5.41) is 9.32. The summed E-state index contributed by atoms with van der Waals surface area (Å²) in [6, 6.07) is 10.2. The number of sulfonamides is 1. The maximum absolute atomic E-state index is 14.8. The Balaban J connectivity index is 2.02. The van der Waals surface area contributed by atoms with Gasteiger partial charge >= 0.3 is 0 Å². The lowest BCUT2D eigenvalue weighted by molar-refractivity contribution is 0.254. The highest BCUT2D eigenvalue weighted by atomic mass is 32.2. The van der Waals surface area contributed by atoms with Gasteiger partial charge < -0.3 is 10.8 Å². The van der Waals surface area contributed by atoms with Gasteiger partial charge in [0.25, 0.3) is 0 Å². The fourth-order valence-corrected chi connectivity index (χ4v) is 4.41. The monoisotopic (exact) mass is 416 g/mol. The predicted octanol–water partition coefficient (Wildman–Crippen LogP) is 2.58. The van der Waals surface area contributed by atoms with Crippen molar-refractivity contribution >= 4 is 16.0 Å². The van der Waals surface area contributed by atoms with Gasteiger partial charge in [-0.05, 0) is 24.1 Å². The van der Waals surface area contributed by atoms with E-state index in [0.717, 1.165) is 0 Å². The molecule has 7 nitrogen and oxygen atoms in total. The zero-order chi connectivity index (χ0) is 21.0. The Morgan fingerprint density at radius 1 is 1.10 bits per heavy atom. The molecule has 2 aromatic carbocycles. The third-order valence-corrected chi connectivity index (χ3v) is 6.05. The number of hydrogen-bond donors (Lipinski definition) is 3. The first-order valence-corrected chi connectivity index (χ1v) is 10.4. The summed E-state index contributed by atoms with van der Waals surface area (Å²) >= 11 is 0. The van der Waals surface area contributed by atoms with Crippen LogP contribution in [0.5, 0.6) is 0 Å². The maximum Gasteiger partial charge on any atom is 0.241 e. The molecule has 1 aromatic heterocycles. The second-order valence-electron chi connectivity index (χ2n) is 6.43. The van der Waals surface area contributed by atoms with Crippen molar-refractivity contribution < 1.29 is 17.9 Å². The molecule has 152 valence electrons. The van der Waals surface area contributed by atoms with E-state index < -0.39 is 21.9 Å². The molecule has 4 N–H and O–H groups in total. The zero-order valence-corrected chi connectivity index (χ0v) is 16.5. The molecule has 0 radical (unpaired) electrons. The Morgan fingerprint density at radius 2 is 1.79 bits per heavy atom. The number of benzene rings is 2. The van der Waals surface area contributed by atoms with Crippen molar-refractivity contribution in [1.29, 1.82) is 0 Å². The molecule has 9 heteroatoms. The van der Waals surface area contributed by atoms with Crippen molar-refractivity contribution in [2.45, 2.75) is 24.3 Å². The topological polar surface area (TPSA) is 118 Å². The van der Waals surface area contributed by atoms with Crippen LogP contribution in [0.25, 0.3) is 22.3 Å². The van der Waals surface area contributed by atoms with Gasteiger partial charge in [-0.15, -0.1) is 0 Å². The van der Waals surface area contributed by atoms with E-state index in [2.05, 4.69) is 14.7 Å². The average molecular weight is 416 g/mol. The summed E-state index contributed by atoms with van der Waals surface area (Å²) in [7, 11) is -3.91. The quantitative estimate of drug-likeness (QED) is 0.545. The molecule has 0 bridgehead atoms. The van der Waals surface area contributed by atoms with Crippen LogP contribution in [-0.4, -0.2) is 36.1 Å². The summed E-state index contributed by atoms with van der Waals surface area (Å²) in [5.74, 6) is -0.455. The number of nitrogens with one attached hydrogen (secondary N) is 1. The normalized spacial score (nSPS) is 12.7. The van der Waals surface area contributed by atoms with Crippen LogP contribution in [0.15, 0.2) is 59.8 Å². The van der Waals surface area contributed by atoms with E-state index in [1.165, 1.54) is 24.5 Å². The Bertz CT molecular complexity index is 1100. The van der Waals surface area contributed by atoms with Crippen molar-refractivity contribution in [3.8, 4) is 22.3 Å². The third-order valence-electron chi connectivity index (χ3n) is 4.47. The summed E-state index contributed by atoms with van der Waals surface area (Å²) in [6.45, 7) is 1.45. The highest BCUT2D eigenvalue weighted by Gasteiger charge is 2.22. The van der Waals surface area contributed by atoms with Crippen molar-refractivity contribution in [2.75, 3.05) is 12.3 Å². The van der Waals surface area contributed by atoms with Gasteiger partial charge in [0, 0.05) is 35.1 Å². The zero-order valence-electron chi connectivity index (χ0n) is 15.7. The number of nitrogen functional groups attached to an aromatic ring is 1. The van der Waals surface area contributed by atoms with Gasteiger partial charge in [0.05, 0.1) is 11.5 Å². The Morgan fingerprint density at radius 3 is 2.41 bits per heavy atom. The molecular formula is C20H21FN4O3S. The molecule has 1 heterocycles. The summed E-state index contributed by atoms with van der Waals surface area (Å²) in [4.78, 5) is 7.73. The molecule has 0 aliphatic rings. The minimum atomic E-state index is -3.91. The number of anilines is 1. The highest BCUT2D eigenvalue weighted by Crippen LogP contribution is 2.31. The minimum absolute atomic E-state index is 0.00914. The Kier molecular flexibility index (Phi) is 6.21. The van der Waals surface area contributed by atoms with Gasteiger partial charge in [-0.2, -0.15) is 0 Å². The van der Waals surface area contributed by atoms with Crippen molar-refractivity contribution in [3.05, 3.63) is 60.7 Å². The van der Waals surface area contributed by atoms with E-state index >= 15 is 0 Å². The molecular weight excluding hydrogens is 395 g/mol. The average Bonchev–Trinajstić information content (AvgIpc) is 2.73. The lowest BCUT2D eigenvalue weighted by Gasteiger charge is -2.17. The molecule has 0 saturated heterocycles. The number of aromatic nitrogens is 2. The van der Waals surface area contributed by atoms with E-state index in [4.69, 9.17) is 5.73 Å². The van der Waals surface area contributed by atoms with Crippen LogP contribution in [0, 0.1) is 5.82 Å². The van der Waals surface area contributed by atoms with Gasteiger partial charge in [0.1, 0.15) is 5.82 Å². The van der Waals surface area contributed by atoms with Gasteiger partial charge in [-0.3, -0.25) is 0 Å². The number of aliphatic hydroxyl groups excluding tert-OH is 1. The highest BCUT2D eigenvalue weighted by molar-refractivity contribution is 7.89. The molecule has 0 aliphatic heterocycles. The first kappa shape index (κ1) is 20.8. The standard InChI is InChI=1S/C20H21FN4O3S/c1-2-15(12-26)25-29(27,28)19-6-4-3-5-17(19)13-7-8-16(18(21)9-13)14-10-23-20(22)24-11-14/h3-11,15,25-26H,2,12H2,1H3,(H2,22,23,24)/t15-/m0/s1. The lowest BCUT2D eigenvalue weighted by Crippen LogP contribution is -2.37. The fraction of sp³-hybridized carbons (Fsp3) is 0.200. The van der Waals surface area contributed by atoms with Gasteiger partial charge in [0.15, 0.2) is 0 Å². The molecule has 3 aromatic rings. The van der Waals surface area contributed by atoms with Crippen LogP contribution in [-0.2, 0) is 10.0 Å². The van der Waals surface area contributed by atoms with Crippen LogP contribution >= 0.6 is 0 Å². The molecule has 0 aliphatic carbocycles. The SMILES string of the molecule is CC[C@@H](CO)NS(=O)(=O)c1ccccc1-c1ccc(-c2cnc(N)nc2)c(F)c1. The van der Waals surface area contributed by atoms with Crippen LogP contribution in [0.1, 0.15) is 13.3 Å². The van der Waals surface area contributed by atoms with Gasteiger partial charge in [-0.1, -0.05) is 37.3 Å². The molecule has 29 heavy (non-hydrogen) atoms. The molecule has 3 rings (SSSR count). The van der Waals surface area contributed by atoms with E-state index in [9.17, 15) is 17.9 Å². The number of nitrogens with two attached hydrogens (primary N) is 1. The van der Waals surface area contributed by atoms with Crippen LogP contribution in [0.3, 0.4) is 0 Å². The maximum atomic E-state index is 14.8. The Labute approximate surface area is 168 Å². The largest absolute Gasteiger partial charge is 0.395 e. The number of hydrogen-bond acceptors (Lipinski definition) is 6. The van der Waals surface area contributed by atoms with Crippen LogP contribution in [0.2, 0.25) is 0 Å². The number of aliphatic hydroxyl groups is 1. The molecule has 0 amide bonds. The Hall–Kier alpha value is -2.88. The van der Waals surface area contributed by atoms with E-state index in [0.29, 0.717) is 23.1 Å². The number of nitrogens with zero attached hydrogens (tertiary/aromatic N) is 2. The minimum Gasteiger partial charge on any atom is -0.395 e. The van der Waals surface area contributed by atoms with Crippen molar-refractivity contribution in [2.24, 2.45) is 0 Å². The summed E-state index contributed by atoms with van der Waals surface area (Å²) in [6.07, 6.45) is 3.27. The molecule has 1 atom stereocenters. The first-order chi connectivity index (χ1) is 13.9. The molecule has 0 saturated carbocycles. The number of rotatable bonds is 7. The molecule has 0 unspecified atom stereocenters. The van der Waals surface area contributed by atoms with Gasteiger partial charge in [-0.25, -0.2) is 27.5 Å². The summed E-state index contributed by atoms with van der Waals surface area (Å²) in [5.41, 5.74) is 6.95. The predicted molar refractivity (Wildman–Crippen MR) is 109 cm³/mol. The second kappa shape index (κ2) is 8.64. The third kappa shape index (κ3) is 4.58. The van der Waals surface area contributed by atoms with Crippen LogP contribution in [0.4, 0.5) is 10.3 Å². The fourth-order valence-electron chi connectivity index (χ4n) is 2.87. The van der Waals surface area contributed by atoms with E-state index in [1.54, 1.807) is 37.3 Å². The van der Waals surface area contributed by atoms with Crippen LogP contribution < -0.4 is 10.5 Å². The van der Waals surface area contributed by atoms with E-state index in [-0.39, 0.29) is 23.0 Å². The second-order valence-corrected chi connectivity index (χ2v) is 8.11. The summed E-state index contributed by atoms with van der Waals surface area (Å²) < 4.78 is 42.9. The first-order valence-electron chi connectivity index (χ1n) is 8.95.